The Morgan fingerprint density at radius 2 is 1.46 bits per heavy atom. The van der Waals surface area contributed by atoms with E-state index in [2.05, 4.69) is 0 Å². The summed E-state index contributed by atoms with van der Waals surface area (Å²) in [7, 11) is -1.57. The van der Waals surface area contributed by atoms with E-state index in [0.29, 0.717) is 0 Å². The first-order chi connectivity index (χ1) is 11.5. The second-order valence-corrected chi connectivity index (χ2v) is 8.08. The van der Waals surface area contributed by atoms with E-state index in [-0.39, 0.29) is 11.4 Å². The number of allylic oxidation sites excluding steroid dienone is 4. The van der Waals surface area contributed by atoms with Gasteiger partial charge in [-0.1, -0.05) is 30.4 Å². The van der Waals surface area contributed by atoms with Crippen molar-refractivity contribution in [2.75, 3.05) is 0 Å². The van der Waals surface area contributed by atoms with Crippen LogP contribution in [-0.2, 0) is 11.0 Å². The molecule has 0 bridgehead atoms. The molecule has 0 aromatic heterocycles. The van der Waals surface area contributed by atoms with Crippen molar-refractivity contribution >= 4 is 24.3 Å². The molecule has 2 atom stereocenters. The van der Waals surface area contributed by atoms with Crippen LogP contribution in [0.4, 0.5) is 13.2 Å². The minimum absolute atomic E-state index is 0.00450. The van der Waals surface area contributed by atoms with E-state index in [1.165, 1.54) is 18.2 Å². The van der Waals surface area contributed by atoms with Crippen molar-refractivity contribution in [3.63, 3.8) is 0 Å². The van der Waals surface area contributed by atoms with Gasteiger partial charge in [0.15, 0.2) is 11.4 Å². The first kappa shape index (κ1) is 16.7. The normalized spacial score (nSPS) is 18.6. The molecular weight excluding hydrogens is 332 g/mol. The topological polar surface area (TPSA) is 17.1 Å². The molecule has 2 aromatic rings. The van der Waals surface area contributed by atoms with E-state index in [0.717, 1.165) is 22.7 Å². The number of benzene rings is 2. The fraction of sp³-hybridized carbons (Fsp3) is 0.105. The highest BCUT2D eigenvalue weighted by molar-refractivity contribution is 7.74. The molecule has 0 N–H and O–H groups in total. The molecule has 2 unspecified atom stereocenters. The van der Waals surface area contributed by atoms with Crippen molar-refractivity contribution in [3.05, 3.63) is 84.5 Å². The van der Waals surface area contributed by atoms with Gasteiger partial charge in [-0.15, -0.1) is 0 Å². The number of carbonyl (C=O) groups excluding carboxylic acids is 1. The summed E-state index contributed by atoms with van der Waals surface area (Å²) < 4.78 is 38.4. The Balaban J connectivity index is 2.04. The molecule has 0 radical (unpaired) electrons. The lowest BCUT2D eigenvalue weighted by atomic mass is 10.2. The summed E-state index contributed by atoms with van der Waals surface area (Å²) in [5.41, 5.74) is -0.995. The van der Waals surface area contributed by atoms with Gasteiger partial charge >= 0.3 is 6.18 Å². The number of halogens is 3. The van der Waals surface area contributed by atoms with Crippen LogP contribution < -0.4 is 10.6 Å². The average Bonchev–Trinajstić information content (AvgIpc) is 2.58. The maximum absolute atomic E-state index is 12.8. The van der Waals surface area contributed by atoms with Crippen LogP contribution >= 0.6 is 7.92 Å². The first-order valence-corrected chi connectivity index (χ1v) is 9.03. The number of ketones is 1. The zero-order valence-corrected chi connectivity index (χ0v) is 13.6. The smallest absolute Gasteiger partial charge is 0.290 e. The summed E-state index contributed by atoms with van der Waals surface area (Å²) in [6.45, 7) is 0. The molecule has 5 heteroatoms. The number of hydrogen-bond donors (Lipinski definition) is 0. The minimum atomic E-state index is -4.36. The highest BCUT2D eigenvalue weighted by Crippen LogP contribution is 2.42. The van der Waals surface area contributed by atoms with Crippen LogP contribution in [0.2, 0.25) is 0 Å². The van der Waals surface area contributed by atoms with Crippen molar-refractivity contribution in [2.45, 2.75) is 11.8 Å². The zero-order valence-electron chi connectivity index (χ0n) is 12.6. The van der Waals surface area contributed by atoms with Gasteiger partial charge < -0.3 is 0 Å². The van der Waals surface area contributed by atoms with E-state index in [1.807, 2.05) is 42.5 Å². The van der Waals surface area contributed by atoms with E-state index >= 15 is 0 Å². The molecule has 24 heavy (non-hydrogen) atoms. The molecular formula is C19H15F3OP+. The third-order valence-electron chi connectivity index (χ3n) is 3.90. The highest BCUT2D eigenvalue weighted by Gasteiger charge is 2.37. The molecule has 3 rings (SSSR count). The van der Waals surface area contributed by atoms with Crippen molar-refractivity contribution in [2.24, 2.45) is 0 Å². The van der Waals surface area contributed by atoms with Gasteiger partial charge in [-0.25, -0.2) is 0 Å². The number of alkyl halides is 3. The summed E-state index contributed by atoms with van der Waals surface area (Å²) in [5, 5.41) is 1.79. The fourth-order valence-electron chi connectivity index (χ4n) is 2.74. The van der Waals surface area contributed by atoms with Crippen LogP contribution in [0.25, 0.3) is 0 Å². The third-order valence-corrected chi connectivity index (χ3v) is 6.91. The van der Waals surface area contributed by atoms with Crippen LogP contribution in [0.1, 0.15) is 5.56 Å². The van der Waals surface area contributed by atoms with E-state index in [9.17, 15) is 18.0 Å². The van der Waals surface area contributed by atoms with E-state index < -0.39 is 19.7 Å². The Labute approximate surface area is 139 Å². The molecule has 0 spiro atoms. The lowest BCUT2D eigenvalue weighted by molar-refractivity contribution is -0.137. The van der Waals surface area contributed by atoms with Crippen LogP contribution in [0.15, 0.2) is 78.9 Å². The Bertz CT molecular complexity index is 777. The van der Waals surface area contributed by atoms with Gasteiger partial charge in [0.05, 0.1) is 24.1 Å². The summed E-state index contributed by atoms with van der Waals surface area (Å²) in [4.78, 5) is 12.3. The summed E-state index contributed by atoms with van der Waals surface area (Å²) in [6.07, 6.45) is 2.53. The minimum Gasteiger partial charge on any atom is -0.290 e. The lowest BCUT2D eigenvalue weighted by Gasteiger charge is -2.18. The molecule has 0 heterocycles. The molecule has 1 aliphatic carbocycles. The molecule has 0 saturated heterocycles. The Kier molecular flexibility index (Phi) is 4.68. The largest absolute Gasteiger partial charge is 0.416 e. The van der Waals surface area contributed by atoms with Crippen molar-refractivity contribution in [1.82, 2.24) is 0 Å². The fourth-order valence-corrected chi connectivity index (χ4v) is 5.56. The molecule has 1 nitrogen and oxygen atoms in total. The quantitative estimate of drug-likeness (QED) is 0.769. The Morgan fingerprint density at radius 1 is 0.833 bits per heavy atom. The van der Waals surface area contributed by atoms with E-state index in [4.69, 9.17) is 0 Å². The van der Waals surface area contributed by atoms with Gasteiger partial charge in [0, 0.05) is 0 Å². The predicted molar refractivity (Wildman–Crippen MR) is 92.5 cm³/mol. The van der Waals surface area contributed by atoms with E-state index in [1.54, 1.807) is 6.08 Å². The summed E-state index contributed by atoms with van der Waals surface area (Å²) in [6, 6.07) is 14.7. The van der Waals surface area contributed by atoms with Gasteiger partial charge in [0.1, 0.15) is 0 Å². The summed E-state index contributed by atoms with van der Waals surface area (Å²) in [5.74, 6) is -0.00450. The Hall–Kier alpha value is -2.19. The molecule has 1 aliphatic rings. The second-order valence-electron chi connectivity index (χ2n) is 5.48. The molecule has 0 saturated carbocycles. The lowest BCUT2D eigenvalue weighted by Crippen LogP contribution is -2.27. The van der Waals surface area contributed by atoms with Crippen LogP contribution in [0.5, 0.6) is 0 Å². The summed E-state index contributed by atoms with van der Waals surface area (Å²) >= 11 is 0. The molecule has 0 fully saturated rings. The number of rotatable bonds is 3. The van der Waals surface area contributed by atoms with Gasteiger partial charge in [-0.2, -0.15) is 13.2 Å². The SMILES string of the molecule is O=C1C=CC=CC1[PH+](c1ccccc1)c1ccc(C(F)(F)F)cc1. The zero-order chi connectivity index (χ0) is 17.2. The predicted octanol–water partition coefficient (Wildman–Crippen LogP) is 3.93. The monoisotopic (exact) mass is 347 g/mol. The second kappa shape index (κ2) is 6.74. The van der Waals surface area contributed by atoms with Gasteiger partial charge in [-0.05, 0) is 48.6 Å². The number of hydrogen-bond acceptors (Lipinski definition) is 1. The van der Waals surface area contributed by atoms with Crippen molar-refractivity contribution in [3.8, 4) is 0 Å². The molecule has 0 aliphatic heterocycles. The maximum Gasteiger partial charge on any atom is 0.416 e. The van der Waals surface area contributed by atoms with Gasteiger partial charge in [0.2, 0.25) is 0 Å². The van der Waals surface area contributed by atoms with Crippen molar-refractivity contribution in [1.29, 1.82) is 0 Å². The van der Waals surface area contributed by atoms with Crippen LogP contribution in [0.3, 0.4) is 0 Å². The van der Waals surface area contributed by atoms with Crippen LogP contribution in [-0.4, -0.2) is 11.4 Å². The van der Waals surface area contributed by atoms with Gasteiger partial charge in [-0.3, -0.25) is 4.79 Å². The van der Waals surface area contributed by atoms with Gasteiger partial charge in [0.25, 0.3) is 0 Å². The average molecular weight is 347 g/mol. The highest BCUT2D eigenvalue weighted by atomic mass is 31.1. The Morgan fingerprint density at radius 3 is 2.04 bits per heavy atom. The maximum atomic E-state index is 12.8. The standard InChI is InChI=1S/C19H14F3OP/c20-19(21,22)14-10-12-16(13-11-14)24(15-6-2-1-3-7-15)18-9-5-4-8-17(18)23/h1-13,18H/p+1. The molecule has 2 aromatic carbocycles. The first-order valence-electron chi connectivity index (χ1n) is 7.45. The van der Waals surface area contributed by atoms with Crippen molar-refractivity contribution < 1.29 is 18.0 Å². The molecule has 122 valence electrons. The molecule has 0 amide bonds. The third kappa shape index (κ3) is 3.49. The van der Waals surface area contributed by atoms with Crippen LogP contribution in [0, 0.1) is 0 Å². The number of carbonyl (C=O) groups is 1.